The molecule has 1 aromatic carbocycles. The van der Waals surface area contributed by atoms with Crippen molar-refractivity contribution < 1.29 is 4.92 Å². The van der Waals surface area contributed by atoms with Crippen LogP contribution in [0.2, 0.25) is 5.02 Å². The molecule has 0 atom stereocenters. The lowest BCUT2D eigenvalue weighted by Crippen LogP contribution is -2.55. The molecule has 4 aliphatic rings. The van der Waals surface area contributed by atoms with Crippen molar-refractivity contribution in [3.05, 3.63) is 51.3 Å². The van der Waals surface area contributed by atoms with Crippen LogP contribution in [0.3, 0.4) is 0 Å². The van der Waals surface area contributed by atoms with Crippen LogP contribution in [0.1, 0.15) is 44.1 Å². The summed E-state index contributed by atoms with van der Waals surface area (Å²) in [5.74, 6) is 2.78. The maximum absolute atomic E-state index is 11.9. The van der Waals surface area contributed by atoms with Crippen molar-refractivity contribution >= 4 is 28.9 Å². The van der Waals surface area contributed by atoms with Gasteiger partial charge in [-0.15, -0.1) is 0 Å². The lowest BCUT2D eigenvalue weighted by Gasteiger charge is -2.57. The van der Waals surface area contributed by atoms with Gasteiger partial charge in [0.05, 0.1) is 4.92 Å². The third kappa shape index (κ3) is 3.52. The van der Waals surface area contributed by atoms with Gasteiger partial charge in [-0.1, -0.05) is 29.8 Å². The lowest BCUT2D eigenvalue weighted by atomic mass is 9.53. The molecule has 4 bridgehead atoms. The predicted molar refractivity (Wildman–Crippen MR) is 112 cm³/mol. The number of nitrogens with zero attached hydrogens (tertiary/aromatic N) is 3. The van der Waals surface area contributed by atoms with E-state index < -0.39 is 4.92 Å². The molecule has 29 heavy (non-hydrogen) atoms. The molecule has 7 nitrogen and oxygen atoms in total. The Kier molecular flexibility index (Phi) is 4.57. The summed E-state index contributed by atoms with van der Waals surface area (Å²) in [6.07, 6.45) is 8.60. The van der Waals surface area contributed by atoms with Gasteiger partial charge in [-0.3, -0.25) is 10.1 Å². The van der Waals surface area contributed by atoms with Gasteiger partial charge in [-0.2, -0.15) is 0 Å². The number of rotatable bonds is 6. The van der Waals surface area contributed by atoms with Gasteiger partial charge in [-0.25, -0.2) is 9.97 Å². The molecule has 0 aliphatic heterocycles. The summed E-state index contributed by atoms with van der Waals surface area (Å²) in [4.78, 5) is 20.0. The summed E-state index contributed by atoms with van der Waals surface area (Å²) in [5, 5.41) is 19.2. The predicted octanol–water partition coefficient (Wildman–Crippen LogP) is 5.03. The Morgan fingerprint density at radius 3 is 2.31 bits per heavy atom. The fourth-order valence-electron chi connectivity index (χ4n) is 6.11. The van der Waals surface area contributed by atoms with Gasteiger partial charge in [0.2, 0.25) is 11.6 Å². The molecule has 8 heteroatoms. The highest BCUT2D eigenvalue weighted by molar-refractivity contribution is 6.31. The summed E-state index contributed by atoms with van der Waals surface area (Å²) >= 11 is 6.21. The second kappa shape index (κ2) is 7.13. The van der Waals surface area contributed by atoms with Crippen LogP contribution < -0.4 is 10.6 Å². The van der Waals surface area contributed by atoms with Crippen molar-refractivity contribution in [1.82, 2.24) is 9.97 Å². The minimum atomic E-state index is -0.391. The summed E-state index contributed by atoms with van der Waals surface area (Å²) in [6, 6.07) is 7.42. The number of aromatic nitrogens is 2. The molecule has 0 radical (unpaired) electrons. The molecule has 4 aliphatic carbocycles. The molecule has 0 saturated heterocycles. The molecular weight excluding hydrogens is 390 g/mol. The average molecular weight is 414 g/mol. The molecule has 0 spiro atoms. The van der Waals surface area contributed by atoms with Crippen molar-refractivity contribution in [2.75, 3.05) is 10.6 Å². The monoisotopic (exact) mass is 413 g/mol. The van der Waals surface area contributed by atoms with Crippen LogP contribution in [0, 0.1) is 27.9 Å². The van der Waals surface area contributed by atoms with Gasteiger partial charge in [0.25, 0.3) is 0 Å². The van der Waals surface area contributed by atoms with Gasteiger partial charge in [0.15, 0.2) is 0 Å². The van der Waals surface area contributed by atoms with Crippen molar-refractivity contribution in [2.45, 2.75) is 50.6 Å². The topological polar surface area (TPSA) is 93.0 Å². The minimum Gasteiger partial charge on any atom is -0.360 e. The van der Waals surface area contributed by atoms with Gasteiger partial charge < -0.3 is 10.6 Å². The first kappa shape index (κ1) is 18.6. The quantitative estimate of drug-likeness (QED) is 0.509. The van der Waals surface area contributed by atoms with Gasteiger partial charge in [-0.05, 0) is 67.9 Å². The number of nitrogens with one attached hydrogen (secondary N) is 2. The Morgan fingerprint density at radius 1 is 1.07 bits per heavy atom. The van der Waals surface area contributed by atoms with Crippen LogP contribution in [-0.4, -0.2) is 20.4 Å². The largest absolute Gasteiger partial charge is 0.360 e. The van der Waals surface area contributed by atoms with E-state index in [9.17, 15) is 10.1 Å². The zero-order valence-electron chi connectivity index (χ0n) is 16.1. The van der Waals surface area contributed by atoms with Crippen molar-refractivity contribution in [1.29, 1.82) is 0 Å². The molecule has 4 saturated carbocycles. The number of benzene rings is 1. The average Bonchev–Trinajstić information content (AvgIpc) is 2.65. The molecule has 2 aromatic rings. The zero-order valence-corrected chi connectivity index (χ0v) is 16.9. The van der Waals surface area contributed by atoms with E-state index in [1.54, 1.807) is 6.07 Å². The second-order valence-electron chi connectivity index (χ2n) is 8.94. The highest BCUT2D eigenvalue weighted by Gasteiger charge is 2.51. The van der Waals surface area contributed by atoms with Crippen LogP contribution in [-0.2, 0) is 6.54 Å². The number of hydrogen-bond donors (Lipinski definition) is 2. The SMILES string of the molecule is O=[N+]([O-])c1c(NCc2ccccc2Cl)ncnc1NC12CC3CC(CC(C3)C1)C2. The standard InChI is InChI=1S/C21H24ClN5O2/c22-17-4-2-1-3-16(17)11-23-19-18(27(28)29)20(25-12-24-19)26-21-8-13-5-14(9-21)7-15(6-13)10-21/h1-4,12-15H,5-11H2,(H2,23,24,25,26). The van der Waals surface area contributed by atoms with E-state index in [-0.39, 0.29) is 17.0 Å². The van der Waals surface area contributed by atoms with Crippen LogP contribution in [0.15, 0.2) is 30.6 Å². The second-order valence-corrected chi connectivity index (χ2v) is 9.35. The van der Waals surface area contributed by atoms with E-state index in [2.05, 4.69) is 20.6 Å². The normalized spacial score (nSPS) is 29.6. The van der Waals surface area contributed by atoms with Gasteiger partial charge in [0.1, 0.15) is 6.33 Å². The van der Waals surface area contributed by atoms with E-state index in [4.69, 9.17) is 11.6 Å². The molecular formula is C21H24ClN5O2. The van der Waals surface area contributed by atoms with Crippen LogP contribution in [0.4, 0.5) is 17.3 Å². The molecule has 152 valence electrons. The Bertz CT molecular complexity index is 915. The van der Waals surface area contributed by atoms with Crippen LogP contribution in [0.5, 0.6) is 0 Å². The fraction of sp³-hybridized carbons (Fsp3) is 0.524. The third-order valence-electron chi connectivity index (χ3n) is 6.83. The van der Waals surface area contributed by atoms with E-state index in [0.29, 0.717) is 17.4 Å². The summed E-state index contributed by atoms with van der Waals surface area (Å²) in [5.41, 5.74) is 0.710. The highest BCUT2D eigenvalue weighted by atomic mass is 35.5. The fourth-order valence-corrected chi connectivity index (χ4v) is 6.31. The van der Waals surface area contributed by atoms with E-state index in [0.717, 1.165) is 42.6 Å². The molecule has 2 N–H and O–H groups in total. The Balaban J connectivity index is 1.41. The van der Waals surface area contributed by atoms with Crippen molar-refractivity contribution in [2.24, 2.45) is 17.8 Å². The number of hydrogen-bond acceptors (Lipinski definition) is 6. The third-order valence-corrected chi connectivity index (χ3v) is 7.20. The molecule has 0 amide bonds. The van der Waals surface area contributed by atoms with Crippen molar-refractivity contribution in [3.8, 4) is 0 Å². The van der Waals surface area contributed by atoms with Crippen LogP contribution in [0.25, 0.3) is 0 Å². The molecule has 1 aromatic heterocycles. The summed E-state index contributed by atoms with van der Waals surface area (Å²) in [7, 11) is 0. The minimum absolute atomic E-state index is 0.0616. The van der Waals surface area contributed by atoms with Gasteiger partial charge in [0, 0.05) is 17.1 Å². The van der Waals surface area contributed by atoms with E-state index in [1.807, 2.05) is 18.2 Å². The maximum Gasteiger partial charge on any atom is 0.353 e. The number of nitro groups is 1. The number of anilines is 2. The maximum atomic E-state index is 11.9. The Morgan fingerprint density at radius 2 is 1.69 bits per heavy atom. The Labute approximate surface area is 174 Å². The highest BCUT2D eigenvalue weighted by Crippen LogP contribution is 2.57. The van der Waals surface area contributed by atoms with E-state index >= 15 is 0 Å². The Hall–Kier alpha value is -2.41. The first-order valence-electron chi connectivity index (χ1n) is 10.3. The van der Waals surface area contributed by atoms with Gasteiger partial charge >= 0.3 is 5.69 Å². The first-order chi connectivity index (χ1) is 14.0. The number of halogens is 1. The van der Waals surface area contributed by atoms with Crippen LogP contribution >= 0.6 is 11.6 Å². The first-order valence-corrected chi connectivity index (χ1v) is 10.6. The lowest BCUT2D eigenvalue weighted by molar-refractivity contribution is -0.383. The summed E-state index contributed by atoms with van der Waals surface area (Å²) in [6.45, 7) is 0.355. The zero-order chi connectivity index (χ0) is 20.0. The smallest absolute Gasteiger partial charge is 0.353 e. The molecule has 1 heterocycles. The summed E-state index contributed by atoms with van der Waals surface area (Å²) < 4.78 is 0. The van der Waals surface area contributed by atoms with Crippen molar-refractivity contribution in [3.63, 3.8) is 0 Å². The molecule has 6 rings (SSSR count). The molecule has 0 unspecified atom stereocenters. The van der Waals surface area contributed by atoms with E-state index in [1.165, 1.54) is 25.6 Å². The molecule has 4 fully saturated rings.